The summed E-state index contributed by atoms with van der Waals surface area (Å²) in [5.41, 5.74) is 6.49. The van der Waals surface area contributed by atoms with Gasteiger partial charge in [-0.05, 0) is 51.2 Å². The van der Waals surface area contributed by atoms with Gasteiger partial charge in [0.05, 0.1) is 36.3 Å². The number of hydrogen-bond acceptors (Lipinski definition) is 8. The zero-order valence-electron chi connectivity index (χ0n) is 24.5. The normalized spacial score (nSPS) is 34.0. The first-order valence-electron chi connectivity index (χ1n) is 15.3. The van der Waals surface area contributed by atoms with Gasteiger partial charge in [0.25, 0.3) is 0 Å². The van der Waals surface area contributed by atoms with Crippen molar-refractivity contribution in [2.45, 2.75) is 87.2 Å². The highest BCUT2D eigenvalue weighted by Gasteiger charge is 2.53. The summed E-state index contributed by atoms with van der Waals surface area (Å²) in [4.78, 5) is 4.66. The lowest BCUT2D eigenvalue weighted by molar-refractivity contribution is 0.0821. The minimum absolute atomic E-state index is 0.00643. The maximum atomic E-state index is 9.95. The van der Waals surface area contributed by atoms with Crippen LogP contribution >= 0.6 is 0 Å². The van der Waals surface area contributed by atoms with Crippen molar-refractivity contribution in [3.05, 3.63) is 82.0 Å². The lowest BCUT2D eigenvalue weighted by Crippen LogP contribution is -2.42. The van der Waals surface area contributed by atoms with Gasteiger partial charge in [-0.25, -0.2) is 0 Å². The van der Waals surface area contributed by atoms with Gasteiger partial charge in [-0.2, -0.15) is 0 Å². The maximum Gasteiger partial charge on any atom is 0.129 e. The van der Waals surface area contributed by atoms with E-state index in [0.717, 1.165) is 61.6 Å². The van der Waals surface area contributed by atoms with Gasteiger partial charge in [-0.3, -0.25) is 0 Å². The maximum absolute atomic E-state index is 9.95. The Morgan fingerprint density at radius 2 is 1.14 bits per heavy atom. The molecule has 0 amide bonds. The Hall–Kier alpha value is -2.72. The van der Waals surface area contributed by atoms with Gasteiger partial charge < -0.3 is 39.7 Å². The number of ether oxygens (including phenoxy) is 2. The van der Waals surface area contributed by atoms with Crippen LogP contribution in [0, 0.1) is 0 Å². The molecule has 4 aliphatic heterocycles. The van der Waals surface area contributed by atoms with E-state index in [4.69, 9.17) is 9.47 Å². The first kappa shape index (κ1) is 28.1. The van der Waals surface area contributed by atoms with Crippen molar-refractivity contribution in [3.63, 3.8) is 0 Å². The summed E-state index contributed by atoms with van der Waals surface area (Å²) in [6, 6.07) is 8.19. The van der Waals surface area contributed by atoms with E-state index in [-0.39, 0.29) is 36.3 Å². The first-order valence-corrected chi connectivity index (χ1v) is 15.3. The highest BCUT2D eigenvalue weighted by molar-refractivity contribution is 5.59. The van der Waals surface area contributed by atoms with Crippen LogP contribution < -0.4 is 9.47 Å². The second-order valence-corrected chi connectivity index (χ2v) is 13.1. The summed E-state index contributed by atoms with van der Waals surface area (Å²) in [6.45, 7) is 3.80. The lowest BCUT2D eigenvalue weighted by atomic mass is 9.69. The Bertz CT molecular complexity index is 1330. The zero-order valence-corrected chi connectivity index (χ0v) is 24.5. The molecule has 8 rings (SSSR count). The number of hydrogen-bond donors (Lipinski definition) is 4. The Balaban J connectivity index is 0.000000137. The summed E-state index contributed by atoms with van der Waals surface area (Å²) in [5.74, 6) is 1.71. The molecule has 0 saturated heterocycles. The summed E-state index contributed by atoms with van der Waals surface area (Å²) >= 11 is 0. The smallest absolute Gasteiger partial charge is 0.129 e. The molecule has 2 aliphatic carbocycles. The van der Waals surface area contributed by atoms with Crippen molar-refractivity contribution in [2.24, 2.45) is 0 Å². The molecule has 6 aliphatic rings. The molecule has 0 radical (unpaired) electrons. The largest absolute Gasteiger partial charge is 0.488 e. The van der Waals surface area contributed by atoms with Gasteiger partial charge in [0.1, 0.15) is 23.7 Å². The molecule has 42 heavy (non-hydrogen) atoms. The molecule has 0 bridgehead atoms. The highest BCUT2D eigenvalue weighted by atomic mass is 16.5. The number of aliphatic hydroxyl groups excluding tert-OH is 4. The van der Waals surface area contributed by atoms with Gasteiger partial charge in [0.15, 0.2) is 0 Å². The van der Waals surface area contributed by atoms with E-state index in [9.17, 15) is 20.4 Å². The molecular weight excluding hydrogens is 532 g/mol. The summed E-state index contributed by atoms with van der Waals surface area (Å²) in [7, 11) is 4.28. The third kappa shape index (κ3) is 4.26. The number of aliphatic hydroxyl groups is 4. The van der Waals surface area contributed by atoms with Crippen LogP contribution in [0.3, 0.4) is 0 Å². The number of nitrogens with zero attached hydrogens (tertiary/aromatic N) is 2. The molecule has 224 valence electrons. The molecule has 2 aromatic carbocycles. The molecule has 4 unspecified atom stereocenters. The van der Waals surface area contributed by atoms with Crippen LogP contribution in [-0.4, -0.2) is 81.8 Å². The van der Waals surface area contributed by atoms with Crippen molar-refractivity contribution in [3.8, 4) is 11.5 Å². The summed E-state index contributed by atoms with van der Waals surface area (Å²) in [5, 5.41) is 39.1. The monoisotopic (exact) mass is 574 g/mol. The van der Waals surface area contributed by atoms with Crippen LogP contribution in [0.4, 0.5) is 0 Å². The standard InChI is InChI=1S/2C17H21NO3/c2*1-18-7-6-17-5-4-13(20)8-14(17)21-16-12(10-19)3-2-11(9-18)15(16)17/h2*2-5,13-14,19-20H,6-10H2,1H3/t2*13?,14?,17-/m00/s1. The van der Waals surface area contributed by atoms with Crippen LogP contribution in [0.1, 0.15) is 59.1 Å². The molecule has 0 aromatic heterocycles. The predicted octanol–water partition coefficient (Wildman–Crippen LogP) is 2.67. The molecule has 4 N–H and O–H groups in total. The van der Waals surface area contributed by atoms with Gasteiger partial charge in [-0.15, -0.1) is 0 Å². The van der Waals surface area contributed by atoms with Gasteiger partial charge in [-0.1, -0.05) is 48.6 Å². The quantitative estimate of drug-likeness (QED) is 0.406. The first-order chi connectivity index (χ1) is 20.3. The highest BCUT2D eigenvalue weighted by Crippen LogP contribution is 2.55. The fraction of sp³-hybridized carbons (Fsp3) is 0.529. The fourth-order valence-corrected chi connectivity index (χ4v) is 8.24. The Morgan fingerprint density at radius 1 is 0.714 bits per heavy atom. The minimum Gasteiger partial charge on any atom is -0.488 e. The van der Waals surface area contributed by atoms with E-state index in [1.165, 1.54) is 22.3 Å². The van der Waals surface area contributed by atoms with Crippen LogP contribution in [0.25, 0.3) is 0 Å². The van der Waals surface area contributed by atoms with Crippen LogP contribution in [0.2, 0.25) is 0 Å². The molecule has 0 saturated carbocycles. The number of benzene rings is 2. The molecule has 2 aromatic rings. The molecule has 8 heteroatoms. The lowest BCUT2D eigenvalue weighted by Gasteiger charge is -2.35. The SMILES string of the molecule is CN1CC[C@@]23C=CC(O)CC2Oc2c(CO)ccc(c23)C1.CN1CC[C@@]23C=CC(O)CC2Oc2c(CO)ccc(c23)C1. The van der Waals surface area contributed by atoms with E-state index in [0.29, 0.717) is 12.8 Å². The third-order valence-electron chi connectivity index (χ3n) is 10.4. The molecule has 4 heterocycles. The summed E-state index contributed by atoms with van der Waals surface area (Å²) < 4.78 is 12.4. The van der Waals surface area contributed by atoms with Crippen molar-refractivity contribution < 1.29 is 29.9 Å². The van der Waals surface area contributed by atoms with E-state index in [1.54, 1.807) is 0 Å². The molecular formula is C34H42N2O6. The van der Waals surface area contributed by atoms with E-state index >= 15 is 0 Å². The second kappa shape index (κ2) is 10.5. The minimum atomic E-state index is -0.433. The summed E-state index contributed by atoms with van der Waals surface area (Å²) in [6.07, 6.45) is 10.5. The van der Waals surface area contributed by atoms with Crippen LogP contribution in [0.15, 0.2) is 48.6 Å². The van der Waals surface area contributed by atoms with Crippen molar-refractivity contribution >= 4 is 0 Å². The van der Waals surface area contributed by atoms with E-state index < -0.39 is 12.2 Å². The molecule has 6 atom stereocenters. The van der Waals surface area contributed by atoms with Gasteiger partial charge in [0.2, 0.25) is 0 Å². The van der Waals surface area contributed by atoms with Gasteiger partial charge in [0, 0.05) is 48.2 Å². The Morgan fingerprint density at radius 3 is 1.55 bits per heavy atom. The topological polar surface area (TPSA) is 106 Å². The van der Waals surface area contributed by atoms with Crippen LogP contribution in [-0.2, 0) is 37.1 Å². The number of rotatable bonds is 2. The molecule has 8 nitrogen and oxygen atoms in total. The third-order valence-corrected chi connectivity index (χ3v) is 10.4. The van der Waals surface area contributed by atoms with Gasteiger partial charge >= 0.3 is 0 Å². The van der Waals surface area contributed by atoms with E-state index in [2.05, 4.69) is 48.2 Å². The van der Waals surface area contributed by atoms with E-state index in [1.807, 2.05) is 24.3 Å². The van der Waals surface area contributed by atoms with Crippen molar-refractivity contribution in [1.29, 1.82) is 0 Å². The average molecular weight is 575 g/mol. The van der Waals surface area contributed by atoms with Crippen molar-refractivity contribution in [2.75, 3.05) is 27.2 Å². The predicted molar refractivity (Wildman–Crippen MR) is 158 cm³/mol. The fourth-order valence-electron chi connectivity index (χ4n) is 8.24. The van der Waals surface area contributed by atoms with Crippen LogP contribution in [0.5, 0.6) is 11.5 Å². The average Bonchev–Trinajstić information content (AvgIpc) is 3.38. The Kier molecular flexibility index (Phi) is 7.00. The molecule has 0 fully saturated rings. The second-order valence-electron chi connectivity index (χ2n) is 13.1. The zero-order chi connectivity index (χ0) is 29.2. The Labute approximate surface area is 247 Å². The van der Waals surface area contributed by atoms with Crippen molar-refractivity contribution in [1.82, 2.24) is 9.80 Å². The molecule has 2 spiro atoms.